The van der Waals surface area contributed by atoms with Crippen molar-refractivity contribution in [3.05, 3.63) is 52.3 Å². The van der Waals surface area contributed by atoms with E-state index in [1.54, 1.807) is 37.4 Å². The van der Waals surface area contributed by atoms with Gasteiger partial charge in [0.15, 0.2) is 11.6 Å². The predicted octanol–water partition coefficient (Wildman–Crippen LogP) is 3.76. The van der Waals surface area contributed by atoms with Gasteiger partial charge in [-0.3, -0.25) is 0 Å². The molecule has 0 aliphatic carbocycles. The highest BCUT2D eigenvalue weighted by Crippen LogP contribution is 2.26. The Labute approximate surface area is 119 Å². The standard InChI is InChI=1S/C14H13BrFNO2/c1-18-13-5-3-11(17)6-9(13)8-19-14-7-10(15)2-4-12(14)16/h2-7H,8,17H2,1H3. The van der Waals surface area contributed by atoms with E-state index in [0.717, 1.165) is 10.0 Å². The lowest BCUT2D eigenvalue weighted by Gasteiger charge is -2.11. The van der Waals surface area contributed by atoms with Crippen LogP contribution >= 0.6 is 15.9 Å². The van der Waals surface area contributed by atoms with Gasteiger partial charge in [0, 0.05) is 15.7 Å². The summed E-state index contributed by atoms with van der Waals surface area (Å²) in [7, 11) is 1.56. The molecule has 0 radical (unpaired) electrons. The zero-order valence-corrected chi connectivity index (χ0v) is 11.9. The van der Waals surface area contributed by atoms with Gasteiger partial charge in [0.2, 0.25) is 0 Å². The van der Waals surface area contributed by atoms with Crippen LogP contribution in [0.5, 0.6) is 11.5 Å². The van der Waals surface area contributed by atoms with E-state index >= 15 is 0 Å². The van der Waals surface area contributed by atoms with Crippen molar-refractivity contribution in [2.24, 2.45) is 0 Å². The van der Waals surface area contributed by atoms with Crippen LogP contribution in [0.4, 0.5) is 10.1 Å². The fraction of sp³-hybridized carbons (Fsp3) is 0.143. The molecule has 2 aromatic carbocycles. The van der Waals surface area contributed by atoms with Crippen molar-refractivity contribution in [2.45, 2.75) is 6.61 Å². The smallest absolute Gasteiger partial charge is 0.165 e. The fourth-order valence-electron chi connectivity index (χ4n) is 1.65. The maximum absolute atomic E-state index is 13.5. The fourth-order valence-corrected chi connectivity index (χ4v) is 1.99. The minimum atomic E-state index is -0.411. The van der Waals surface area contributed by atoms with Gasteiger partial charge in [-0.15, -0.1) is 0 Å². The normalized spacial score (nSPS) is 10.3. The SMILES string of the molecule is COc1ccc(N)cc1COc1cc(Br)ccc1F. The van der Waals surface area contributed by atoms with Crippen LogP contribution in [0.15, 0.2) is 40.9 Å². The number of methoxy groups -OCH3 is 1. The molecule has 0 spiro atoms. The van der Waals surface area contributed by atoms with Crippen molar-refractivity contribution in [1.82, 2.24) is 0 Å². The summed E-state index contributed by atoms with van der Waals surface area (Å²) < 4.78 is 25.0. The van der Waals surface area contributed by atoms with Crippen molar-refractivity contribution in [3.63, 3.8) is 0 Å². The lowest BCUT2D eigenvalue weighted by Crippen LogP contribution is -2.01. The van der Waals surface area contributed by atoms with Gasteiger partial charge < -0.3 is 15.2 Å². The van der Waals surface area contributed by atoms with E-state index in [0.29, 0.717) is 11.4 Å². The van der Waals surface area contributed by atoms with Crippen LogP contribution in [-0.2, 0) is 6.61 Å². The molecule has 100 valence electrons. The summed E-state index contributed by atoms with van der Waals surface area (Å²) in [5, 5.41) is 0. The van der Waals surface area contributed by atoms with Crippen molar-refractivity contribution in [1.29, 1.82) is 0 Å². The van der Waals surface area contributed by atoms with E-state index in [4.69, 9.17) is 15.2 Å². The summed E-state index contributed by atoms with van der Waals surface area (Å²) in [6.07, 6.45) is 0. The Bertz CT molecular complexity index is 590. The molecule has 5 heteroatoms. The van der Waals surface area contributed by atoms with Crippen molar-refractivity contribution in [2.75, 3.05) is 12.8 Å². The summed E-state index contributed by atoms with van der Waals surface area (Å²) in [4.78, 5) is 0. The summed E-state index contributed by atoms with van der Waals surface area (Å²) in [5.74, 6) is 0.425. The van der Waals surface area contributed by atoms with Crippen LogP contribution in [0.25, 0.3) is 0 Å². The van der Waals surface area contributed by atoms with E-state index in [1.165, 1.54) is 6.07 Å². The summed E-state index contributed by atoms with van der Waals surface area (Å²) in [6.45, 7) is 0.182. The van der Waals surface area contributed by atoms with Crippen LogP contribution in [0, 0.1) is 5.82 Å². The lowest BCUT2D eigenvalue weighted by molar-refractivity contribution is 0.282. The number of anilines is 1. The number of rotatable bonds is 4. The molecule has 0 aliphatic heterocycles. The lowest BCUT2D eigenvalue weighted by atomic mass is 10.2. The molecule has 0 saturated carbocycles. The van der Waals surface area contributed by atoms with E-state index in [2.05, 4.69) is 15.9 Å². The summed E-state index contributed by atoms with van der Waals surface area (Å²) in [6, 6.07) is 9.77. The third-order valence-corrected chi connectivity index (χ3v) is 3.07. The average Bonchev–Trinajstić information content (AvgIpc) is 2.40. The third kappa shape index (κ3) is 3.38. The number of hydrogen-bond acceptors (Lipinski definition) is 3. The highest BCUT2D eigenvalue weighted by atomic mass is 79.9. The quantitative estimate of drug-likeness (QED) is 0.870. The Morgan fingerprint density at radius 3 is 2.68 bits per heavy atom. The Morgan fingerprint density at radius 2 is 1.95 bits per heavy atom. The van der Waals surface area contributed by atoms with Crippen molar-refractivity contribution in [3.8, 4) is 11.5 Å². The summed E-state index contributed by atoms with van der Waals surface area (Å²) >= 11 is 3.27. The molecule has 0 aliphatic rings. The molecule has 2 N–H and O–H groups in total. The number of nitrogens with two attached hydrogens (primary N) is 1. The molecule has 0 amide bonds. The van der Waals surface area contributed by atoms with Crippen LogP contribution in [0.2, 0.25) is 0 Å². The van der Waals surface area contributed by atoms with Gasteiger partial charge in [-0.2, -0.15) is 0 Å². The number of ether oxygens (including phenoxy) is 2. The van der Waals surface area contributed by atoms with Crippen molar-refractivity contribution >= 4 is 21.6 Å². The number of hydrogen-bond donors (Lipinski definition) is 1. The molecular formula is C14H13BrFNO2. The molecule has 0 saturated heterocycles. The number of nitrogen functional groups attached to an aromatic ring is 1. The Hall–Kier alpha value is -1.75. The Balaban J connectivity index is 2.18. The topological polar surface area (TPSA) is 44.5 Å². The van der Waals surface area contributed by atoms with Gasteiger partial charge in [0.1, 0.15) is 12.4 Å². The number of halogens is 2. The molecule has 0 atom stereocenters. The molecular weight excluding hydrogens is 313 g/mol. The van der Waals surface area contributed by atoms with Gasteiger partial charge in [-0.1, -0.05) is 15.9 Å². The van der Waals surface area contributed by atoms with Gasteiger partial charge in [-0.05, 0) is 36.4 Å². The van der Waals surface area contributed by atoms with E-state index in [1.807, 2.05) is 0 Å². The average molecular weight is 326 g/mol. The van der Waals surface area contributed by atoms with Crippen LogP contribution in [-0.4, -0.2) is 7.11 Å². The first-order valence-electron chi connectivity index (χ1n) is 5.60. The second-order valence-electron chi connectivity index (χ2n) is 3.93. The molecule has 19 heavy (non-hydrogen) atoms. The Morgan fingerprint density at radius 1 is 1.16 bits per heavy atom. The maximum atomic E-state index is 13.5. The second kappa shape index (κ2) is 5.93. The molecule has 3 nitrogen and oxygen atoms in total. The van der Waals surface area contributed by atoms with E-state index in [-0.39, 0.29) is 12.4 Å². The first kappa shape index (κ1) is 13.7. The minimum absolute atomic E-state index is 0.179. The maximum Gasteiger partial charge on any atom is 0.165 e. The zero-order valence-electron chi connectivity index (χ0n) is 10.3. The van der Waals surface area contributed by atoms with E-state index < -0.39 is 5.82 Å². The first-order chi connectivity index (χ1) is 9.10. The zero-order chi connectivity index (χ0) is 13.8. The van der Waals surface area contributed by atoms with E-state index in [9.17, 15) is 4.39 Å². The molecule has 0 aromatic heterocycles. The predicted molar refractivity (Wildman–Crippen MR) is 75.8 cm³/mol. The first-order valence-corrected chi connectivity index (χ1v) is 6.39. The molecule has 2 rings (SSSR count). The molecule has 0 bridgehead atoms. The number of benzene rings is 2. The molecule has 2 aromatic rings. The third-order valence-electron chi connectivity index (χ3n) is 2.58. The highest BCUT2D eigenvalue weighted by Gasteiger charge is 2.08. The van der Waals surface area contributed by atoms with Crippen LogP contribution in [0.3, 0.4) is 0 Å². The summed E-state index contributed by atoms with van der Waals surface area (Å²) in [5.41, 5.74) is 7.08. The Kier molecular flexibility index (Phi) is 4.27. The van der Waals surface area contributed by atoms with Crippen molar-refractivity contribution < 1.29 is 13.9 Å². The minimum Gasteiger partial charge on any atom is -0.496 e. The largest absolute Gasteiger partial charge is 0.496 e. The van der Waals surface area contributed by atoms with Gasteiger partial charge >= 0.3 is 0 Å². The second-order valence-corrected chi connectivity index (χ2v) is 4.85. The van der Waals surface area contributed by atoms with Crippen LogP contribution in [0.1, 0.15) is 5.56 Å². The van der Waals surface area contributed by atoms with Gasteiger partial charge in [0.05, 0.1) is 7.11 Å². The van der Waals surface area contributed by atoms with Crippen LogP contribution < -0.4 is 15.2 Å². The van der Waals surface area contributed by atoms with Gasteiger partial charge in [0.25, 0.3) is 0 Å². The molecule has 0 fully saturated rings. The molecule has 0 heterocycles. The van der Waals surface area contributed by atoms with Gasteiger partial charge in [-0.25, -0.2) is 4.39 Å². The monoisotopic (exact) mass is 325 g/mol. The molecule has 0 unspecified atom stereocenters. The highest BCUT2D eigenvalue weighted by molar-refractivity contribution is 9.10.